The van der Waals surface area contributed by atoms with Gasteiger partial charge in [0.2, 0.25) is 0 Å². The summed E-state index contributed by atoms with van der Waals surface area (Å²) in [5.41, 5.74) is 0. The first kappa shape index (κ1) is 15.6. The average Bonchev–Trinajstić information content (AvgIpc) is 2.31. The predicted molar refractivity (Wildman–Crippen MR) is 66.2 cm³/mol. The number of rotatable bonds is 10. The fourth-order valence-electron chi connectivity index (χ4n) is 1.63. The minimum atomic E-state index is -0.563. The Morgan fingerprint density at radius 2 is 1.62 bits per heavy atom. The molecule has 0 spiro atoms. The number of unbranched alkanes of at least 4 members (excludes halogenated alkanes) is 4. The summed E-state index contributed by atoms with van der Waals surface area (Å²) in [4.78, 5) is 0. The van der Waals surface area contributed by atoms with Crippen molar-refractivity contribution in [2.75, 3.05) is 6.61 Å². The van der Waals surface area contributed by atoms with Gasteiger partial charge in [-0.25, -0.2) is 0 Å². The van der Waals surface area contributed by atoms with Crippen molar-refractivity contribution in [3.05, 3.63) is 12.2 Å². The Labute approximate surface area is 98.8 Å². The Bertz CT molecular complexity index is 169. The van der Waals surface area contributed by atoms with Gasteiger partial charge in [-0.1, -0.05) is 38.3 Å². The van der Waals surface area contributed by atoms with Gasteiger partial charge in [0, 0.05) is 0 Å². The van der Waals surface area contributed by atoms with E-state index in [-0.39, 0.29) is 6.61 Å². The fourth-order valence-corrected chi connectivity index (χ4v) is 1.63. The topological polar surface area (TPSA) is 60.7 Å². The molecule has 0 aromatic rings. The van der Waals surface area contributed by atoms with Crippen LogP contribution in [0.25, 0.3) is 0 Å². The van der Waals surface area contributed by atoms with Crippen LogP contribution in [-0.2, 0) is 0 Å². The lowest BCUT2D eigenvalue weighted by Gasteiger charge is -2.15. The molecule has 0 heterocycles. The third-order valence-corrected chi connectivity index (χ3v) is 2.76. The van der Waals surface area contributed by atoms with E-state index in [1.54, 1.807) is 6.08 Å². The minimum Gasteiger partial charge on any atom is -0.392 e. The molecule has 96 valence electrons. The number of aliphatic hydroxyl groups is 3. The number of aliphatic hydroxyl groups excluding tert-OH is 3. The molecule has 2 atom stereocenters. The summed E-state index contributed by atoms with van der Waals surface area (Å²) in [6.07, 6.45) is 9.31. The minimum absolute atomic E-state index is 0.126. The molecule has 0 aliphatic heterocycles. The average molecular weight is 230 g/mol. The largest absolute Gasteiger partial charge is 0.392 e. The van der Waals surface area contributed by atoms with Gasteiger partial charge in [-0.3, -0.25) is 0 Å². The van der Waals surface area contributed by atoms with Gasteiger partial charge in [-0.15, -0.1) is 0 Å². The number of hydrogen-bond acceptors (Lipinski definition) is 3. The van der Waals surface area contributed by atoms with Crippen LogP contribution in [0.15, 0.2) is 12.2 Å². The van der Waals surface area contributed by atoms with E-state index < -0.39 is 12.2 Å². The van der Waals surface area contributed by atoms with Gasteiger partial charge in [-0.05, 0) is 25.7 Å². The summed E-state index contributed by atoms with van der Waals surface area (Å²) >= 11 is 0. The van der Waals surface area contributed by atoms with E-state index in [4.69, 9.17) is 5.11 Å². The van der Waals surface area contributed by atoms with E-state index in [0.29, 0.717) is 12.8 Å². The van der Waals surface area contributed by atoms with Crippen molar-refractivity contribution in [3.63, 3.8) is 0 Å². The van der Waals surface area contributed by atoms with E-state index in [1.165, 1.54) is 0 Å². The molecule has 0 aliphatic carbocycles. The molecule has 0 saturated heterocycles. The lowest BCUT2D eigenvalue weighted by atomic mass is 10.0. The monoisotopic (exact) mass is 230 g/mol. The van der Waals surface area contributed by atoms with E-state index in [9.17, 15) is 10.2 Å². The van der Waals surface area contributed by atoms with Crippen molar-refractivity contribution in [1.29, 1.82) is 0 Å². The summed E-state index contributed by atoms with van der Waals surface area (Å²) < 4.78 is 0. The zero-order valence-corrected chi connectivity index (χ0v) is 10.3. The van der Waals surface area contributed by atoms with Gasteiger partial charge in [0.1, 0.15) is 0 Å². The second-order valence-corrected chi connectivity index (χ2v) is 4.19. The smallest absolute Gasteiger partial charge is 0.0799 e. The van der Waals surface area contributed by atoms with Gasteiger partial charge >= 0.3 is 0 Å². The van der Waals surface area contributed by atoms with E-state index in [1.807, 2.05) is 13.0 Å². The summed E-state index contributed by atoms with van der Waals surface area (Å²) in [7, 11) is 0. The van der Waals surface area contributed by atoms with Gasteiger partial charge in [-0.2, -0.15) is 0 Å². The molecule has 0 bridgehead atoms. The van der Waals surface area contributed by atoms with E-state index in [0.717, 1.165) is 32.1 Å². The zero-order valence-electron chi connectivity index (χ0n) is 10.3. The third-order valence-electron chi connectivity index (χ3n) is 2.76. The van der Waals surface area contributed by atoms with Crippen molar-refractivity contribution in [1.82, 2.24) is 0 Å². The highest BCUT2D eigenvalue weighted by atomic mass is 16.3. The van der Waals surface area contributed by atoms with E-state index >= 15 is 0 Å². The van der Waals surface area contributed by atoms with Crippen molar-refractivity contribution in [2.45, 2.75) is 64.1 Å². The first-order valence-electron chi connectivity index (χ1n) is 6.34. The van der Waals surface area contributed by atoms with Crippen molar-refractivity contribution in [3.8, 4) is 0 Å². The second-order valence-electron chi connectivity index (χ2n) is 4.19. The molecule has 2 unspecified atom stereocenters. The lowest BCUT2D eigenvalue weighted by Crippen LogP contribution is -2.24. The van der Waals surface area contributed by atoms with Crippen LogP contribution in [0.1, 0.15) is 51.9 Å². The molecule has 0 rings (SSSR count). The van der Waals surface area contributed by atoms with Crippen molar-refractivity contribution >= 4 is 0 Å². The maximum absolute atomic E-state index is 9.50. The molecule has 0 aromatic carbocycles. The summed E-state index contributed by atoms with van der Waals surface area (Å²) in [5.74, 6) is 0. The van der Waals surface area contributed by atoms with Crippen LogP contribution in [0.3, 0.4) is 0 Å². The highest BCUT2D eigenvalue weighted by Gasteiger charge is 2.12. The van der Waals surface area contributed by atoms with E-state index in [2.05, 4.69) is 0 Å². The van der Waals surface area contributed by atoms with Crippen molar-refractivity contribution < 1.29 is 15.3 Å². The highest BCUT2D eigenvalue weighted by Crippen LogP contribution is 2.11. The Morgan fingerprint density at radius 3 is 2.25 bits per heavy atom. The molecule has 3 nitrogen and oxygen atoms in total. The Morgan fingerprint density at radius 1 is 0.938 bits per heavy atom. The quantitative estimate of drug-likeness (QED) is 0.397. The summed E-state index contributed by atoms with van der Waals surface area (Å²) in [5, 5.41) is 27.4. The lowest BCUT2D eigenvalue weighted by molar-refractivity contribution is 0.0114. The molecular formula is C13H26O3. The summed E-state index contributed by atoms with van der Waals surface area (Å²) in [6, 6.07) is 0. The van der Waals surface area contributed by atoms with Crippen LogP contribution in [0.4, 0.5) is 0 Å². The van der Waals surface area contributed by atoms with Gasteiger partial charge in [0.25, 0.3) is 0 Å². The molecule has 3 heteroatoms. The normalized spacial score (nSPS) is 15.5. The van der Waals surface area contributed by atoms with Crippen LogP contribution in [0, 0.1) is 0 Å². The van der Waals surface area contributed by atoms with Gasteiger partial charge < -0.3 is 15.3 Å². The molecule has 0 aromatic heterocycles. The summed E-state index contributed by atoms with van der Waals surface area (Å²) in [6.45, 7) is 2.00. The van der Waals surface area contributed by atoms with Crippen molar-refractivity contribution in [2.24, 2.45) is 0 Å². The molecule has 3 N–H and O–H groups in total. The predicted octanol–water partition coefficient (Wildman–Crippen LogP) is 2.01. The van der Waals surface area contributed by atoms with Crippen LogP contribution in [0.2, 0.25) is 0 Å². The maximum atomic E-state index is 9.50. The highest BCUT2D eigenvalue weighted by molar-refractivity contribution is 4.80. The molecule has 0 aliphatic rings. The maximum Gasteiger partial charge on any atom is 0.0799 e. The third kappa shape index (κ3) is 8.89. The van der Waals surface area contributed by atoms with Gasteiger partial charge in [0.05, 0.1) is 18.8 Å². The molecular weight excluding hydrogens is 204 g/mol. The number of allylic oxidation sites excluding steroid dienone is 1. The zero-order chi connectivity index (χ0) is 12.2. The Kier molecular flexibility index (Phi) is 10.9. The molecule has 0 amide bonds. The fraction of sp³-hybridized carbons (Fsp3) is 0.846. The first-order chi connectivity index (χ1) is 7.72. The van der Waals surface area contributed by atoms with Crippen LogP contribution in [0.5, 0.6) is 0 Å². The molecule has 16 heavy (non-hydrogen) atoms. The Balaban J connectivity index is 3.23. The SMILES string of the molecule is CCC(O)C(O)CCCCCCC=CCO. The molecule has 0 saturated carbocycles. The first-order valence-corrected chi connectivity index (χ1v) is 6.34. The van der Waals surface area contributed by atoms with Gasteiger partial charge in [0.15, 0.2) is 0 Å². The molecule has 0 radical (unpaired) electrons. The second kappa shape index (κ2) is 11.1. The van der Waals surface area contributed by atoms with Crippen LogP contribution < -0.4 is 0 Å². The standard InChI is InChI=1S/C13H26O3/c1-2-12(15)13(16)10-8-6-4-3-5-7-9-11-14/h7,9,12-16H,2-6,8,10-11H2,1H3. The number of hydrogen-bond donors (Lipinski definition) is 3. The molecule has 0 fully saturated rings. The Hall–Kier alpha value is -0.380. The van der Waals surface area contributed by atoms with Crippen LogP contribution in [-0.4, -0.2) is 34.1 Å². The van der Waals surface area contributed by atoms with Crippen LogP contribution >= 0.6 is 0 Å².